The number of benzene rings is 1. The van der Waals surface area contributed by atoms with Crippen molar-refractivity contribution in [3.05, 3.63) is 47.9 Å². The van der Waals surface area contributed by atoms with Crippen LogP contribution in [0.4, 0.5) is 11.4 Å². The molecule has 0 saturated heterocycles. The number of anilines is 2. The molecule has 6 heteroatoms. The Bertz CT molecular complexity index is 824. The highest BCUT2D eigenvalue weighted by molar-refractivity contribution is 5.94. The summed E-state index contributed by atoms with van der Waals surface area (Å²) < 4.78 is 5.30. The first kappa shape index (κ1) is 20.0. The topological polar surface area (TPSA) is 65.8 Å². The highest BCUT2D eigenvalue weighted by Crippen LogP contribution is 2.29. The van der Waals surface area contributed by atoms with Crippen molar-refractivity contribution in [2.45, 2.75) is 45.7 Å². The van der Waals surface area contributed by atoms with Gasteiger partial charge in [-0.25, -0.2) is 0 Å². The van der Waals surface area contributed by atoms with Crippen molar-refractivity contribution in [3.8, 4) is 0 Å². The van der Waals surface area contributed by atoms with Crippen LogP contribution >= 0.6 is 0 Å². The molecule has 2 aromatic rings. The summed E-state index contributed by atoms with van der Waals surface area (Å²) in [4.78, 5) is 29.0. The lowest BCUT2D eigenvalue weighted by molar-refractivity contribution is -0.122. The van der Waals surface area contributed by atoms with Gasteiger partial charge in [0.05, 0.1) is 6.26 Å². The molecule has 1 N–H and O–H groups in total. The molecular formula is C22H29N3O3. The van der Waals surface area contributed by atoms with E-state index in [0.29, 0.717) is 12.3 Å². The van der Waals surface area contributed by atoms with Crippen molar-refractivity contribution in [1.82, 2.24) is 4.90 Å². The van der Waals surface area contributed by atoms with E-state index in [2.05, 4.69) is 5.32 Å². The first-order chi connectivity index (χ1) is 13.4. The number of carbonyl (C=O) groups excluding carboxylic acids is 2. The number of rotatable bonds is 7. The van der Waals surface area contributed by atoms with Crippen LogP contribution in [0.1, 0.15) is 49.2 Å². The van der Waals surface area contributed by atoms with E-state index in [0.717, 1.165) is 36.2 Å². The first-order valence-electron chi connectivity index (χ1n) is 9.82. The van der Waals surface area contributed by atoms with E-state index >= 15 is 0 Å². The molecule has 0 bridgehead atoms. The summed E-state index contributed by atoms with van der Waals surface area (Å²) in [7, 11) is 3.94. The van der Waals surface area contributed by atoms with E-state index in [9.17, 15) is 9.59 Å². The number of hydrogen-bond donors (Lipinski definition) is 1. The highest BCUT2D eigenvalue weighted by Gasteiger charge is 2.26. The zero-order chi connectivity index (χ0) is 20.3. The van der Waals surface area contributed by atoms with E-state index in [1.54, 1.807) is 17.0 Å². The van der Waals surface area contributed by atoms with Crippen molar-refractivity contribution in [2.24, 2.45) is 5.92 Å². The van der Waals surface area contributed by atoms with Gasteiger partial charge in [0.25, 0.3) is 5.91 Å². The number of nitrogens with zero attached hydrogens (tertiary/aromatic N) is 2. The molecule has 0 spiro atoms. The summed E-state index contributed by atoms with van der Waals surface area (Å²) in [5.74, 6) is 0.398. The van der Waals surface area contributed by atoms with Crippen LogP contribution in [-0.2, 0) is 11.3 Å². The first-order valence-corrected chi connectivity index (χ1v) is 9.82. The van der Waals surface area contributed by atoms with Gasteiger partial charge in [0.2, 0.25) is 5.91 Å². The molecule has 0 atom stereocenters. The summed E-state index contributed by atoms with van der Waals surface area (Å²) in [6.45, 7) is 4.40. The second kappa shape index (κ2) is 8.50. The Balaban J connectivity index is 1.85. The Morgan fingerprint density at radius 1 is 1.21 bits per heavy atom. The van der Waals surface area contributed by atoms with Gasteiger partial charge in [-0.2, -0.15) is 0 Å². The maximum Gasteiger partial charge on any atom is 0.290 e. The fraction of sp³-hybridized carbons (Fsp3) is 0.455. The molecule has 1 fully saturated rings. The lowest BCUT2D eigenvalue weighted by Gasteiger charge is -2.29. The molecule has 1 heterocycles. The van der Waals surface area contributed by atoms with Crippen molar-refractivity contribution in [2.75, 3.05) is 24.3 Å². The molecule has 1 aliphatic rings. The Labute approximate surface area is 166 Å². The number of nitrogens with one attached hydrogen (secondary N) is 1. The zero-order valence-electron chi connectivity index (χ0n) is 17.1. The average molecular weight is 383 g/mol. The van der Waals surface area contributed by atoms with Crippen molar-refractivity contribution >= 4 is 23.2 Å². The van der Waals surface area contributed by atoms with Crippen LogP contribution in [0.25, 0.3) is 0 Å². The van der Waals surface area contributed by atoms with Crippen LogP contribution in [0, 0.1) is 5.92 Å². The van der Waals surface area contributed by atoms with E-state index in [4.69, 9.17) is 4.42 Å². The molecule has 150 valence electrons. The van der Waals surface area contributed by atoms with Crippen molar-refractivity contribution in [1.29, 1.82) is 0 Å². The lowest BCUT2D eigenvalue weighted by Crippen LogP contribution is -2.36. The largest absolute Gasteiger partial charge is 0.459 e. The van der Waals surface area contributed by atoms with E-state index in [1.165, 1.54) is 6.26 Å². The smallest absolute Gasteiger partial charge is 0.290 e. The maximum absolute atomic E-state index is 12.9. The third kappa shape index (κ3) is 4.38. The SMILES string of the molecule is CC(C)N(Cc1cc(NC(=O)C2CCC2)ccc1N(C)C)C(=O)c1ccco1. The van der Waals surface area contributed by atoms with E-state index in [1.807, 2.05) is 51.0 Å². The zero-order valence-corrected chi connectivity index (χ0v) is 17.1. The average Bonchev–Trinajstić information content (AvgIpc) is 3.11. The standard InChI is InChI=1S/C22H29N3O3/c1-15(2)25(22(27)20-9-6-12-28-20)14-17-13-18(10-11-19(17)24(3)4)23-21(26)16-7-5-8-16/h6,9-13,15-16H,5,7-8,14H2,1-4H3,(H,23,26). The van der Waals surface area contributed by atoms with Gasteiger partial charge in [-0.15, -0.1) is 0 Å². The molecule has 0 aliphatic heterocycles. The summed E-state index contributed by atoms with van der Waals surface area (Å²) in [6.07, 6.45) is 4.56. The number of amides is 2. The van der Waals surface area contributed by atoms with Crippen molar-refractivity contribution < 1.29 is 14.0 Å². The summed E-state index contributed by atoms with van der Waals surface area (Å²) in [5, 5.41) is 3.03. The van der Waals surface area contributed by atoms with E-state index in [-0.39, 0.29) is 23.8 Å². The minimum absolute atomic E-state index is 0.000774. The van der Waals surface area contributed by atoms with Gasteiger partial charge in [0.15, 0.2) is 5.76 Å². The minimum Gasteiger partial charge on any atom is -0.459 e. The van der Waals surface area contributed by atoms with Gasteiger partial charge in [-0.1, -0.05) is 6.42 Å². The molecule has 0 radical (unpaired) electrons. The quantitative estimate of drug-likeness (QED) is 0.781. The molecule has 1 aromatic heterocycles. The molecule has 0 unspecified atom stereocenters. The van der Waals surface area contributed by atoms with Gasteiger partial charge >= 0.3 is 0 Å². The maximum atomic E-state index is 12.9. The van der Waals surface area contributed by atoms with Gasteiger partial charge < -0.3 is 19.5 Å². The Morgan fingerprint density at radius 2 is 1.96 bits per heavy atom. The van der Waals surface area contributed by atoms with Gasteiger partial charge in [-0.05, 0) is 62.6 Å². The Morgan fingerprint density at radius 3 is 2.50 bits per heavy atom. The molecular weight excluding hydrogens is 354 g/mol. The number of hydrogen-bond acceptors (Lipinski definition) is 4. The van der Waals surface area contributed by atoms with Gasteiger partial charge in [-0.3, -0.25) is 9.59 Å². The monoisotopic (exact) mass is 383 g/mol. The van der Waals surface area contributed by atoms with Crippen molar-refractivity contribution in [3.63, 3.8) is 0 Å². The van der Waals surface area contributed by atoms with Crippen LogP contribution in [0.3, 0.4) is 0 Å². The summed E-state index contributed by atoms with van der Waals surface area (Å²) in [6, 6.07) is 9.27. The van der Waals surface area contributed by atoms with Crippen LogP contribution in [0.15, 0.2) is 41.0 Å². The summed E-state index contributed by atoms with van der Waals surface area (Å²) in [5.41, 5.74) is 2.76. The molecule has 28 heavy (non-hydrogen) atoms. The third-order valence-corrected chi connectivity index (χ3v) is 5.26. The molecule has 1 aromatic carbocycles. The Kier molecular flexibility index (Phi) is 6.07. The summed E-state index contributed by atoms with van der Waals surface area (Å²) >= 11 is 0. The van der Waals surface area contributed by atoms with E-state index < -0.39 is 0 Å². The van der Waals surface area contributed by atoms with Crippen LogP contribution < -0.4 is 10.2 Å². The number of carbonyl (C=O) groups is 2. The van der Waals surface area contributed by atoms with Gasteiger partial charge in [0.1, 0.15) is 0 Å². The second-order valence-corrected chi connectivity index (χ2v) is 7.86. The fourth-order valence-electron chi connectivity index (χ4n) is 3.36. The predicted octanol–water partition coefficient (Wildman–Crippen LogP) is 4.14. The fourth-order valence-corrected chi connectivity index (χ4v) is 3.36. The molecule has 1 aliphatic carbocycles. The molecule has 3 rings (SSSR count). The lowest BCUT2D eigenvalue weighted by atomic mass is 9.85. The third-order valence-electron chi connectivity index (χ3n) is 5.26. The molecule has 1 saturated carbocycles. The molecule has 6 nitrogen and oxygen atoms in total. The van der Waals surface area contributed by atoms with Crippen LogP contribution in [0.2, 0.25) is 0 Å². The van der Waals surface area contributed by atoms with Crippen LogP contribution in [0.5, 0.6) is 0 Å². The normalized spacial score (nSPS) is 13.9. The molecule has 2 amide bonds. The van der Waals surface area contributed by atoms with Crippen LogP contribution in [-0.4, -0.2) is 36.9 Å². The second-order valence-electron chi connectivity index (χ2n) is 7.86. The van der Waals surface area contributed by atoms with Gasteiger partial charge in [0, 0.05) is 44.0 Å². The number of furan rings is 1. The predicted molar refractivity (Wildman–Crippen MR) is 110 cm³/mol. The highest BCUT2D eigenvalue weighted by atomic mass is 16.3. The minimum atomic E-state index is -0.145. The Hall–Kier alpha value is -2.76.